The molecule has 0 bridgehead atoms. The molecule has 2 atom stereocenters. The fourth-order valence-electron chi connectivity index (χ4n) is 9.71. The van der Waals surface area contributed by atoms with Crippen molar-refractivity contribution < 1.29 is 39.9 Å². The van der Waals surface area contributed by atoms with Gasteiger partial charge in [0.2, 0.25) is 0 Å². The molecule has 0 saturated heterocycles. The zero-order chi connectivity index (χ0) is 34.6. The molecule has 0 aliphatic heterocycles. The Bertz CT molecular complexity index is 2140. The van der Waals surface area contributed by atoms with Crippen LogP contribution in [0.25, 0.3) is 56.0 Å². The standard InChI is InChI=1S/2C21H17.C2H4.4CH3.2Hf/c2*1-2-15-13-17-9-6-12-20(21(17)14-15)19-11-5-8-16-7-3-4-10-18(16)19;1-2;;;;;;/h2*3-14H,2H2,1H3;1-2H2;4*1H3;;. The van der Waals surface area contributed by atoms with E-state index in [2.05, 4.69) is 166 Å². The molecule has 50 heavy (non-hydrogen) atoms. The van der Waals surface area contributed by atoms with Gasteiger partial charge in [0, 0.05) is 0 Å². The molecule has 0 heterocycles. The van der Waals surface area contributed by atoms with Crippen molar-refractivity contribution in [2.75, 3.05) is 0 Å². The number of benzene rings is 6. The van der Waals surface area contributed by atoms with Gasteiger partial charge in [0.25, 0.3) is 0 Å². The van der Waals surface area contributed by atoms with Crippen LogP contribution < -0.4 is 0 Å². The van der Waals surface area contributed by atoms with Crippen molar-refractivity contribution in [2.24, 2.45) is 0 Å². The Balaban J connectivity index is 1.11. The second-order valence-corrected chi connectivity index (χ2v) is 52.5. The van der Waals surface area contributed by atoms with Gasteiger partial charge in [0.1, 0.15) is 0 Å². The van der Waals surface area contributed by atoms with E-state index in [1.54, 1.807) is 22.3 Å². The molecule has 0 radical (unpaired) electrons. The predicted molar refractivity (Wildman–Crippen MR) is 214 cm³/mol. The molecule has 250 valence electrons. The Labute approximate surface area is 309 Å². The summed E-state index contributed by atoms with van der Waals surface area (Å²) in [6, 6.07) is 45.8. The van der Waals surface area contributed by atoms with Crippen molar-refractivity contribution in [3.63, 3.8) is 0 Å². The molecule has 0 saturated carbocycles. The van der Waals surface area contributed by atoms with Gasteiger partial charge in [-0.1, -0.05) is 0 Å². The summed E-state index contributed by atoms with van der Waals surface area (Å²) in [5.41, 5.74) is 15.3. The van der Waals surface area contributed by atoms with Crippen molar-refractivity contribution in [3.05, 3.63) is 155 Å². The van der Waals surface area contributed by atoms with Crippen molar-refractivity contribution in [2.45, 2.75) is 61.1 Å². The van der Waals surface area contributed by atoms with Gasteiger partial charge in [-0.25, -0.2) is 0 Å². The number of hydrogen-bond acceptors (Lipinski definition) is 0. The maximum atomic E-state index is 2.79. The summed E-state index contributed by atoms with van der Waals surface area (Å²) < 4.78 is 15.5. The van der Waals surface area contributed by atoms with Gasteiger partial charge in [-0.2, -0.15) is 0 Å². The van der Waals surface area contributed by atoms with E-state index in [1.165, 1.54) is 63.3 Å². The molecule has 6 aromatic carbocycles. The topological polar surface area (TPSA) is 0 Å². The molecule has 0 nitrogen and oxygen atoms in total. The fourth-order valence-corrected chi connectivity index (χ4v) is 71.4. The number of hydrogen-bond donors (Lipinski definition) is 0. The average molecular weight is 984 g/mol. The minimum absolute atomic E-state index is 0.677. The second kappa shape index (κ2) is 13.6. The van der Waals surface area contributed by atoms with Crippen LogP contribution in [-0.4, -0.2) is 0 Å². The van der Waals surface area contributed by atoms with E-state index in [-0.39, 0.29) is 0 Å². The van der Waals surface area contributed by atoms with Crippen LogP contribution in [0, 0.1) is 0 Å². The first-order valence-corrected chi connectivity index (χ1v) is 42.4. The van der Waals surface area contributed by atoms with Crippen molar-refractivity contribution in [1.29, 1.82) is 0 Å². The predicted octanol–water partition coefficient (Wildman–Crippen LogP) is 15.1. The van der Waals surface area contributed by atoms with Gasteiger partial charge in [0.15, 0.2) is 0 Å². The van der Waals surface area contributed by atoms with E-state index in [0.717, 1.165) is 12.8 Å². The second-order valence-electron chi connectivity index (χ2n) is 16.2. The van der Waals surface area contributed by atoms with Gasteiger partial charge in [-0.3, -0.25) is 0 Å². The summed E-state index contributed by atoms with van der Waals surface area (Å²) in [6.45, 7) is 4.80. The molecule has 8 rings (SSSR count). The third kappa shape index (κ3) is 5.87. The van der Waals surface area contributed by atoms with E-state index < -0.39 is 39.9 Å². The van der Waals surface area contributed by atoms with Crippen LogP contribution in [0.1, 0.15) is 56.3 Å². The van der Waals surface area contributed by atoms with E-state index in [4.69, 9.17) is 0 Å². The summed E-state index contributed by atoms with van der Waals surface area (Å²) in [5, 5.41) is 5.37. The van der Waals surface area contributed by atoms with Gasteiger partial charge < -0.3 is 0 Å². The quantitative estimate of drug-likeness (QED) is 0.127. The van der Waals surface area contributed by atoms with E-state index in [0.29, 0.717) is 7.35 Å². The molecule has 2 unspecified atom stereocenters. The van der Waals surface area contributed by atoms with Crippen LogP contribution in [-0.2, 0) is 39.9 Å². The minimum atomic E-state index is -2.81. The molecular formula is C48H50Hf2. The Morgan fingerprint density at radius 3 is 1.20 bits per heavy atom. The molecule has 2 aliphatic rings. The third-order valence-corrected chi connectivity index (χ3v) is 45.9. The van der Waals surface area contributed by atoms with E-state index in [1.807, 2.05) is 0 Å². The molecule has 0 fully saturated rings. The monoisotopic (exact) mass is 986 g/mol. The van der Waals surface area contributed by atoms with Crippen LogP contribution in [0.2, 0.25) is 27.1 Å². The van der Waals surface area contributed by atoms with Gasteiger partial charge in [0.05, 0.1) is 0 Å². The summed E-state index contributed by atoms with van der Waals surface area (Å²) in [6.07, 6.45) is 7.55. The van der Waals surface area contributed by atoms with Crippen molar-refractivity contribution in [3.8, 4) is 22.3 Å². The van der Waals surface area contributed by atoms with Crippen LogP contribution in [0.15, 0.2) is 132 Å². The van der Waals surface area contributed by atoms with Crippen molar-refractivity contribution >= 4 is 33.7 Å². The molecular weight excluding hydrogens is 934 g/mol. The van der Waals surface area contributed by atoms with Gasteiger partial charge >= 0.3 is 312 Å². The molecule has 2 aliphatic carbocycles. The zero-order valence-corrected chi connectivity index (χ0v) is 37.9. The van der Waals surface area contributed by atoms with Crippen LogP contribution in [0.4, 0.5) is 0 Å². The van der Waals surface area contributed by atoms with Gasteiger partial charge in [-0.05, 0) is 0 Å². The first-order chi connectivity index (χ1) is 24.2. The first-order valence-electron chi connectivity index (χ1n) is 18.8. The zero-order valence-electron chi connectivity index (χ0n) is 30.7. The molecule has 0 amide bonds. The SMILES string of the molecule is CCC1=Cc2c(-c3cccc4ccccc34)cccc2[CH]1[Hf]([CH3])([CH3])[CH2][CH2][Hf]([CH3])([CH3])[CH]1C(CC)=Cc2c(-c3cccc4ccccc34)cccc21. The normalized spacial score (nSPS) is 17.2. The Morgan fingerprint density at radius 1 is 0.420 bits per heavy atom. The number of fused-ring (bicyclic) bond motifs is 4. The molecule has 6 aromatic rings. The number of allylic oxidation sites excluding steroid dienone is 2. The molecule has 2 heteroatoms. The Hall–Kier alpha value is -2.94. The van der Waals surface area contributed by atoms with Crippen LogP contribution >= 0.6 is 0 Å². The van der Waals surface area contributed by atoms with E-state index >= 15 is 0 Å². The summed E-state index contributed by atoms with van der Waals surface area (Å²) in [4.78, 5) is 0. The van der Waals surface area contributed by atoms with E-state index in [9.17, 15) is 0 Å². The maximum absolute atomic E-state index is 2.81. The number of rotatable bonds is 9. The fraction of sp³-hybridized carbons (Fsp3) is 0.250. The molecule has 0 spiro atoms. The van der Waals surface area contributed by atoms with Crippen LogP contribution in [0.3, 0.4) is 0 Å². The summed E-state index contributed by atoms with van der Waals surface area (Å²) in [7, 11) is 0. The third-order valence-electron chi connectivity index (χ3n) is 12.3. The van der Waals surface area contributed by atoms with Gasteiger partial charge in [-0.15, -0.1) is 0 Å². The molecule has 0 N–H and O–H groups in total. The Kier molecular flexibility index (Phi) is 9.26. The first kappa shape index (κ1) is 34.2. The van der Waals surface area contributed by atoms with Crippen LogP contribution in [0.5, 0.6) is 0 Å². The summed E-state index contributed by atoms with van der Waals surface area (Å²) in [5.74, 6) is 0. The summed E-state index contributed by atoms with van der Waals surface area (Å²) >= 11 is -5.63. The van der Waals surface area contributed by atoms with Crippen molar-refractivity contribution in [1.82, 2.24) is 0 Å². The Morgan fingerprint density at radius 2 is 0.780 bits per heavy atom. The molecule has 0 aromatic heterocycles. The average Bonchev–Trinajstić information content (AvgIpc) is 3.73.